The van der Waals surface area contributed by atoms with E-state index >= 15 is 0 Å². The summed E-state index contributed by atoms with van der Waals surface area (Å²) in [6.07, 6.45) is 4.08. The predicted octanol–water partition coefficient (Wildman–Crippen LogP) is 0.463. The molecule has 0 saturated heterocycles. The number of nitrogens with two attached hydrogens (primary N) is 1. The molecule has 0 aliphatic rings. The molecule has 9 heteroatoms. The van der Waals surface area contributed by atoms with E-state index in [-0.39, 0.29) is 5.15 Å². The Bertz CT molecular complexity index is 654. The van der Waals surface area contributed by atoms with E-state index in [0.717, 1.165) is 0 Å². The number of carbonyl (C=O) groups is 1. The Kier molecular flexibility index (Phi) is 4.28. The van der Waals surface area contributed by atoms with Crippen LogP contribution in [0, 0.1) is 0 Å². The van der Waals surface area contributed by atoms with Crippen LogP contribution in [0.4, 0.5) is 0 Å². The summed E-state index contributed by atoms with van der Waals surface area (Å²) >= 11 is 5.87. The van der Waals surface area contributed by atoms with Crippen LogP contribution in [-0.2, 0) is 4.79 Å². The van der Waals surface area contributed by atoms with Gasteiger partial charge < -0.3 is 4.74 Å². The molecule has 8 nitrogen and oxygen atoms in total. The fourth-order valence-electron chi connectivity index (χ4n) is 1.38. The first-order valence-corrected chi connectivity index (χ1v) is 5.82. The number of carbonyl (C=O) groups excluding carboxylic acids is 1. The molecule has 0 aromatic carbocycles. The van der Waals surface area contributed by atoms with Gasteiger partial charge in [0, 0.05) is 23.9 Å². The topological polar surface area (TPSA) is 108 Å². The summed E-state index contributed by atoms with van der Waals surface area (Å²) in [5.41, 5.74) is 2.62. The van der Waals surface area contributed by atoms with Gasteiger partial charge in [0.2, 0.25) is 5.88 Å². The Balaban J connectivity index is 2.26. The number of hydrazine groups is 1. The van der Waals surface area contributed by atoms with E-state index in [0.29, 0.717) is 17.3 Å². The molecule has 0 radical (unpaired) electrons. The number of ether oxygens (including phenoxy) is 1. The van der Waals surface area contributed by atoms with Crippen LogP contribution in [0.5, 0.6) is 5.88 Å². The van der Waals surface area contributed by atoms with Crippen LogP contribution >= 0.6 is 11.6 Å². The smallest absolute Gasteiger partial charge is 0.259 e. The molecule has 2 rings (SSSR count). The number of nitrogens with one attached hydrogen (secondary N) is 1. The molecular weight excluding hydrogens is 284 g/mol. The Labute approximate surface area is 119 Å². The molecule has 3 N–H and O–H groups in total. The number of amides is 1. The first-order valence-electron chi connectivity index (χ1n) is 5.44. The Morgan fingerprint density at radius 1 is 1.55 bits per heavy atom. The van der Waals surface area contributed by atoms with Gasteiger partial charge in [-0.2, -0.15) is 0 Å². The zero-order valence-corrected chi connectivity index (χ0v) is 11.2. The summed E-state index contributed by atoms with van der Waals surface area (Å²) in [6, 6.07) is 3.27. The van der Waals surface area contributed by atoms with Crippen LogP contribution in [0.1, 0.15) is 0 Å². The Morgan fingerprint density at radius 3 is 3.05 bits per heavy atom. The summed E-state index contributed by atoms with van der Waals surface area (Å²) in [4.78, 5) is 19.0. The maximum atomic E-state index is 11.0. The fourth-order valence-corrected chi connectivity index (χ4v) is 1.58. The van der Waals surface area contributed by atoms with Crippen molar-refractivity contribution in [3.63, 3.8) is 0 Å². The van der Waals surface area contributed by atoms with E-state index in [4.69, 9.17) is 22.2 Å². The molecule has 2 aromatic heterocycles. The van der Waals surface area contributed by atoms with Crippen LogP contribution < -0.4 is 16.0 Å². The summed E-state index contributed by atoms with van der Waals surface area (Å²) in [5, 5.41) is 4.43. The highest BCUT2D eigenvalue weighted by Crippen LogP contribution is 2.22. The number of pyridine rings is 1. The van der Waals surface area contributed by atoms with Crippen molar-refractivity contribution in [1.82, 2.24) is 25.2 Å². The van der Waals surface area contributed by atoms with Crippen LogP contribution in [-0.4, -0.2) is 32.8 Å². The van der Waals surface area contributed by atoms with Crippen molar-refractivity contribution < 1.29 is 9.53 Å². The summed E-state index contributed by atoms with van der Waals surface area (Å²) < 4.78 is 6.39. The van der Waals surface area contributed by atoms with Gasteiger partial charge in [0.1, 0.15) is 11.5 Å². The zero-order chi connectivity index (χ0) is 14.5. The lowest BCUT2D eigenvalue weighted by atomic mass is 10.2. The number of nitrogens with zero attached hydrogens (tertiary/aromatic N) is 4. The van der Waals surface area contributed by atoms with Crippen LogP contribution in [0.15, 0.2) is 24.5 Å². The number of rotatable bonds is 4. The number of halogens is 1. The summed E-state index contributed by atoms with van der Waals surface area (Å²) in [6.45, 7) is 0. The van der Waals surface area contributed by atoms with Gasteiger partial charge in [0.05, 0.1) is 7.11 Å². The summed E-state index contributed by atoms with van der Waals surface area (Å²) in [7, 11) is 1.49. The first kappa shape index (κ1) is 14.0. The molecule has 0 spiro atoms. The molecule has 0 atom stereocenters. The lowest BCUT2D eigenvalue weighted by Gasteiger charge is -2.01. The quantitative estimate of drug-likeness (QED) is 0.279. The minimum atomic E-state index is -0.448. The van der Waals surface area contributed by atoms with Crippen molar-refractivity contribution >= 4 is 23.7 Å². The predicted molar refractivity (Wildman–Crippen MR) is 72.5 cm³/mol. The van der Waals surface area contributed by atoms with Gasteiger partial charge in [-0.1, -0.05) is 11.6 Å². The molecule has 104 valence electrons. The highest BCUT2D eigenvalue weighted by Gasteiger charge is 2.08. The van der Waals surface area contributed by atoms with Crippen molar-refractivity contribution in [3.8, 4) is 17.3 Å². The van der Waals surface area contributed by atoms with Gasteiger partial charge in [-0.15, -0.1) is 5.10 Å². The molecule has 0 saturated carbocycles. The summed E-state index contributed by atoms with van der Waals surface area (Å²) in [5.74, 6) is 5.29. The van der Waals surface area contributed by atoms with E-state index < -0.39 is 5.91 Å². The van der Waals surface area contributed by atoms with E-state index in [9.17, 15) is 4.79 Å². The second kappa shape index (κ2) is 6.13. The van der Waals surface area contributed by atoms with Crippen LogP contribution in [0.25, 0.3) is 17.6 Å². The largest absolute Gasteiger partial charge is 0.481 e. The van der Waals surface area contributed by atoms with E-state index in [2.05, 4.69) is 15.1 Å². The lowest BCUT2D eigenvalue weighted by Crippen LogP contribution is -2.28. The van der Waals surface area contributed by atoms with Gasteiger partial charge >= 0.3 is 0 Å². The maximum absolute atomic E-state index is 11.0. The van der Waals surface area contributed by atoms with Gasteiger partial charge in [0.25, 0.3) is 5.91 Å². The molecule has 0 aliphatic carbocycles. The normalized spacial score (nSPS) is 10.8. The minimum absolute atomic E-state index is 0.272. The third kappa shape index (κ3) is 3.31. The highest BCUT2D eigenvalue weighted by atomic mass is 35.5. The number of aromatic nitrogens is 4. The molecule has 20 heavy (non-hydrogen) atoms. The monoisotopic (exact) mass is 294 g/mol. The Hall–Kier alpha value is -2.45. The first-order chi connectivity index (χ1) is 9.62. The average molecular weight is 295 g/mol. The van der Waals surface area contributed by atoms with Crippen molar-refractivity contribution in [2.75, 3.05) is 7.11 Å². The van der Waals surface area contributed by atoms with Crippen molar-refractivity contribution in [2.24, 2.45) is 5.84 Å². The fraction of sp³-hybridized carbons (Fsp3) is 0.0909. The van der Waals surface area contributed by atoms with Gasteiger partial charge in [-0.25, -0.2) is 20.5 Å². The molecular formula is C11H11ClN6O2. The second-order valence-corrected chi connectivity index (χ2v) is 3.98. The van der Waals surface area contributed by atoms with Crippen molar-refractivity contribution in [1.29, 1.82) is 0 Å². The molecule has 0 bridgehead atoms. The van der Waals surface area contributed by atoms with Gasteiger partial charge in [-0.3, -0.25) is 10.2 Å². The van der Waals surface area contributed by atoms with E-state index in [1.807, 2.05) is 5.43 Å². The molecule has 2 aromatic rings. The van der Waals surface area contributed by atoms with Crippen molar-refractivity contribution in [2.45, 2.75) is 0 Å². The number of hydrogen-bond acceptors (Lipinski definition) is 6. The molecule has 0 aliphatic heterocycles. The number of hydrogen-bond donors (Lipinski definition) is 2. The minimum Gasteiger partial charge on any atom is -0.481 e. The lowest BCUT2D eigenvalue weighted by molar-refractivity contribution is -0.116. The van der Waals surface area contributed by atoms with Gasteiger partial charge in [0.15, 0.2) is 5.82 Å². The van der Waals surface area contributed by atoms with Gasteiger partial charge in [-0.05, 0) is 6.07 Å². The van der Waals surface area contributed by atoms with Crippen molar-refractivity contribution in [3.05, 3.63) is 29.7 Å². The molecule has 1 amide bonds. The second-order valence-electron chi connectivity index (χ2n) is 3.59. The van der Waals surface area contributed by atoms with E-state index in [1.54, 1.807) is 12.1 Å². The molecule has 0 unspecified atom stereocenters. The average Bonchev–Trinajstić information content (AvgIpc) is 2.92. The molecule has 0 fully saturated rings. The SMILES string of the molecule is COc1cc(-c2ncn(/C=C\C(=O)NN)n2)cc(Cl)n1. The third-order valence-corrected chi connectivity index (χ3v) is 2.46. The van der Waals surface area contributed by atoms with Crippen LogP contribution in [0.2, 0.25) is 5.15 Å². The van der Waals surface area contributed by atoms with Crippen LogP contribution in [0.3, 0.4) is 0 Å². The number of methoxy groups -OCH3 is 1. The molecule has 2 heterocycles. The maximum Gasteiger partial charge on any atom is 0.259 e. The highest BCUT2D eigenvalue weighted by molar-refractivity contribution is 6.29. The Morgan fingerprint density at radius 2 is 2.35 bits per heavy atom. The third-order valence-electron chi connectivity index (χ3n) is 2.27. The zero-order valence-electron chi connectivity index (χ0n) is 10.4. The standard InChI is InChI=1S/C11H11ClN6O2/c1-20-10-5-7(4-8(12)15-10)11-14-6-18(17-11)3-2-9(19)16-13/h2-6H,13H2,1H3,(H,16,19)/b3-2-. The van der Waals surface area contributed by atoms with E-state index in [1.165, 1.54) is 30.4 Å².